The Hall–Kier alpha value is -4.17. The van der Waals surface area contributed by atoms with Crippen molar-refractivity contribution >= 4 is 52.4 Å². The summed E-state index contributed by atoms with van der Waals surface area (Å²) >= 11 is 5.96. The number of aromatic nitrogens is 3. The van der Waals surface area contributed by atoms with Crippen LogP contribution < -0.4 is 21.3 Å². The predicted molar refractivity (Wildman–Crippen MR) is 128 cm³/mol. The number of anilines is 6. The molecule has 0 saturated carbocycles. The number of nitrogens with one attached hydrogen (secondary N) is 4. The molecular weight excluding hydrogens is 426 g/mol. The van der Waals surface area contributed by atoms with Crippen LogP contribution in [0.3, 0.4) is 0 Å². The fourth-order valence-corrected chi connectivity index (χ4v) is 2.99. The maximum atomic E-state index is 12.3. The second-order valence-corrected chi connectivity index (χ2v) is 7.14. The second kappa shape index (κ2) is 10.2. The van der Waals surface area contributed by atoms with Gasteiger partial charge in [0.2, 0.25) is 23.8 Å². The normalized spacial score (nSPS) is 10.3. The van der Waals surface area contributed by atoms with E-state index >= 15 is 0 Å². The summed E-state index contributed by atoms with van der Waals surface area (Å²) in [5.41, 5.74) is 2.26. The van der Waals surface area contributed by atoms with Crippen molar-refractivity contribution in [1.82, 2.24) is 15.0 Å². The quantitative estimate of drug-likeness (QED) is 0.300. The Kier molecular flexibility index (Phi) is 6.74. The Morgan fingerprint density at radius 3 is 1.78 bits per heavy atom. The molecule has 0 spiro atoms. The molecular formula is C23H20ClN7O. The standard InChI is InChI=1S/C23H20ClN7O/c24-16-8-7-13-19(14-16)26-20(32)15-25-21-29-22(27-17-9-3-1-4-10-17)31-23(30-21)28-18-11-5-2-6-12-18/h1-14H,15H2,(H,26,32)(H3,25,27,28,29,30,31). The molecule has 0 fully saturated rings. The minimum Gasteiger partial charge on any atom is -0.345 e. The van der Waals surface area contributed by atoms with Crippen LogP contribution in [-0.2, 0) is 4.79 Å². The van der Waals surface area contributed by atoms with Crippen LogP contribution in [0.1, 0.15) is 0 Å². The minimum absolute atomic E-state index is 0.0356. The van der Waals surface area contributed by atoms with Crippen LogP contribution in [0.15, 0.2) is 84.9 Å². The Balaban J connectivity index is 1.49. The van der Waals surface area contributed by atoms with Crippen molar-refractivity contribution in [3.63, 3.8) is 0 Å². The zero-order chi connectivity index (χ0) is 22.2. The van der Waals surface area contributed by atoms with Gasteiger partial charge in [-0.05, 0) is 42.5 Å². The average molecular weight is 446 g/mol. The van der Waals surface area contributed by atoms with E-state index in [4.69, 9.17) is 11.6 Å². The van der Waals surface area contributed by atoms with Crippen molar-refractivity contribution in [2.75, 3.05) is 27.8 Å². The van der Waals surface area contributed by atoms with Gasteiger partial charge in [0.1, 0.15) is 0 Å². The van der Waals surface area contributed by atoms with E-state index in [1.54, 1.807) is 24.3 Å². The van der Waals surface area contributed by atoms with Gasteiger partial charge < -0.3 is 21.3 Å². The van der Waals surface area contributed by atoms with Crippen LogP contribution in [0.2, 0.25) is 5.02 Å². The van der Waals surface area contributed by atoms with Gasteiger partial charge in [-0.3, -0.25) is 4.79 Å². The van der Waals surface area contributed by atoms with Crippen LogP contribution in [0.4, 0.5) is 34.9 Å². The van der Waals surface area contributed by atoms with Crippen molar-refractivity contribution in [2.45, 2.75) is 0 Å². The third-order valence-electron chi connectivity index (χ3n) is 4.21. The van der Waals surface area contributed by atoms with E-state index in [1.807, 2.05) is 60.7 Å². The third-order valence-corrected chi connectivity index (χ3v) is 4.45. The first-order chi connectivity index (χ1) is 15.6. The van der Waals surface area contributed by atoms with Gasteiger partial charge in [-0.15, -0.1) is 0 Å². The fraction of sp³-hybridized carbons (Fsp3) is 0.0435. The number of benzene rings is 3. The molecule has 9 heteroatoms. The molecule has 4 aromatic rings. The molecule has 3 aromatic carbocycles. The van der Waals surface area contributed by atoms with Crippen LogP contribution >= 0.6 is 11.6 Å². The molecule has 0 saturated heterocycles. The molecule has 160 valence electrons. The SMILES string of the molecule is O=C(CNc1nc(Nc2ccccc2)nc(Nc2ccccc2)n1)Nc1cccc(Cl)c1. The molecule has 0 bridgehead atoms. The van der Waals surface area contributed by atoms with Gasteiger partial charge >= 0.3 is 0 Å². The molecule has 0 atom stereocenters. The number of hydrogen-bond acceptors (Lipinski definition) is 7. The van der Waals surface area contributed by atoms with Crippen LogP contribution in [0.25, 0.3) is 0 Å². The molecule has 0 aliphatic rings. The molecule has 8 nitrogen and oxygen atoms in total. The summed E-state index contributed by atoms with van der Waals surface area (Å²) in [6.45, 7) is -0.0356. The first-order valence-electron chi connectivity index (χ1n) is 9.83. The Morgan fingerprint density at radius 1 is 0.688 bits per heavy atom. The molecule has 1 aromatic heterocycles. The maximum Gasteiger partial charge on any atom is 0.243 e. The van der Waals surface area contributed by atoms with Gasteiger partial charge in [-0.2, -0.15) is 15.0 Å². The first kappa shape index (κ1) is 21.1. The van der Waals surface area contributed by atoms with E-state index in [0.717, 1.165) is 11.4 Å². The van der Waals surface area contributed by atoms with E-state index in [9.17, 15) is 4.79 Å². The topological polar surface area (TPSA) is 104 Å². The summed E-state index contributed by atoms with van der Waals surface area (Å²) < 4.78 is 0. The van der Waals surface area contributed by atoms with Gasteiger partial charge in [0, 0.05) is 22.1 Å². The van der Waals surface area contributed by atoms with Crippen molar-refractivity contribution < 1.29 is 4.79 Å². The number of rotatable bonds is 8. The number of halogens is 1. The Bertz CT molecular complexity index is 1130. The number of nitrogens with zero attached hydrogens (tertiary/aromatic N) is 3. The van der Waals surface area contributed by atoms with E-state index in [-0.39, 0.29) is 18.4 Å². The largest absolute Gasteiger partial charge is 0.345 e. The van der Waals surface area contributed by atoms with Crippen LogP contribution in [-0.4, -0.2) is 27.4 Å². The number of para-hydroxylation sites is 2. The van der Waals surface area contributed by atoms with Crippen LogP contribution in [0, 0.1) is 0 Å². The summed E-state index contributed by atoms with van der Waals surface area (Å²) in [6.07, 6.45) is 0. The summed E-state index contributed by atoms with van der Waals surface area (Å²) in [6, 6.07) is 26.0. The summed E-state index contributed by atoms with van der Waals surface area (Å²) in [5.74, 6) is 0.658. The highest BCUT2D eigenvalue weighted by atomic mass is 35.5. The number of carbonyl (C=O) groups excluding carboxylic acids is 1. The van der Waals surface area contributed by atoms with Gasteiger partial charge in [-0.25, -0.2) is 0 Å². The van der Waals surface area contributed by atoms with Gasteiger partial charge in [0.05, 0.1) is 6.54 Å². The predicted octanol–water partition coefficient (Wildman–Crippen LogP) is 5.06. The monoisotopic (exact) mass is 445 g/mol. The highest BCUT2D eigenvalue weighted by Crippen LogP contribution is 2.19. The van der Waals surface area contributed by atoms with Crippen molar-refractivity contribution in [2.24, 2.45) is 0 Å². The smallest absolute Gasteiger partial charge is 0.243 e. The van der Waals surface area contributed by atoms with Crippen LogP contribution in [0.5, 0.6) is 0 Å². The van der Waals surface area contributed by atoms with E-state index in [1.165, 1.54) is 0 Å². The maximum absolute atomic E-state index is 12.3. The summed E-state index contributed by atoms with van der Waals surface area (Å²) in [4.78, 5) is 25.5. The lowest BCUT2D eigenvalue weighted by atomic mass is 10.3. The molecule has 1 heterocycles. The number of carbonyl (C=O) groups is 1. The third kappa shape index (κ3) is 6.16. The van der Waals surface area contributed by atoms with Crippen molar-refractivity contribution in [3.8, 4) is 0 Å². The zero-order valence-corrected chi connectivity index (χ0v) is 17.7. The van der Waals surface area contributed by atoms with E-state index in [0.29, 0.717) is 22.6 Å². The van der Waals surface area contributed by atoms with E-state index < -0.39 is 0 Å². The lowest BCUT2D eigenvalue weighted by Crippen LogP contribution is -2.23. The lowest BCUT2D eigenvalue weighted by Gasteiger charge is -2.11. The number of hydrogen-bond donors (Lipinski definition) is 4. The molecule has 0 aliphatic heterocycles. The summed E-state index contributed by atoms with van der Waals surface area (Å²) in [7, 11) is 0. The highest BCUT2D eigenvalue weighted by molar-refractivity contribution is 6.30. The molecule has 0 radical (unpaired) electrons. The molecule has 0 unspecified atom stereocenters. The summed E-state index contributed by atoms with van der Waals surface area (Å²) in [5, 5.41) is 12.6. The molecule has 4 rings (SSSR count). The van der Waals surface area contributed by atoms with Gasteiger partial charge in [0.15, 0.2) is 0 Å². The van der Waals surface area contributed by atoms with Crippen molar-refractivity contribution in [1.29, 1.82) is 0 Å². The second-order valence-electron chi connectivity index (χ2n) is 6.70. The number of amides is 1. The molecule has 32 heavy (non-hydrogen) atoms. The lowest BCUT2D eigenvalue weighted by molar-refractivity contribution is -0.114. The van der Waals surface area contributed by atoms with Gasteiger partial charge in [0.25, 0.3) is 0 Å². The first-order valence-corrected chi connectivity index (χ1v) is 10.2. The van der Waals surface area contributed by atoms with E-state index in [2.05, 4.69) is 36.2 Å². The Morgan fingerprint density at radius 2 is 1.22 bits per heavy atom. The molecule has 1 amide bonds. The minimum atomic E-state index is -0.261. The highest BCUT2D eigenvalue weighted by Gasteiger charge is 2.10. The van der Waals surface area contributed by atoms with Gasteiger partial charge in [-0.1, -0.05) is 54.1 Å². The average Bonchev–Trinajstić information content (AvgIpc) is 2.79. The zero-order valence-electron chi connectivity index (χ0n) is 16.9. The molecule has 0 aliphatic carbocycles. The molecule has 4 N–H and O–H groups in total. The fourth-order valence-electron chi connectivity index (χ4n) is 2.80. The van der Waals surface area contributed by atoms with Crippen molar-refractivity contribution in [3.05, 3.63) is 90.0 Å². The Labute approximate surface area is 190 Å².